The second-order valence-electron chi connectivity index (χ2n) is 3.76. The van der Waals surface area contributed by atoms with E-state index >= 15 is 0 Å². The summed E-state index contributed by atoms with van der Waals surface area (Å²) in [6.07, 6.45) is -1.39. The fourth-order valence-corrected chi connectivity index (χ4v) is 1.34. The number of amides is 2. The molecule has 0 spiro atoms. The first-order valence-electron chi connectivity index (χ1n) is 5.03. The average molecular weight is 237 g/mol. The van der Waals surface area contributed by atoms with Crippen LogP contribution in [0.5, 0.6) is 0 Å². The molecular weight excluding hydrogens is 222 g/mol. The molecule has 6 N–H and O–H groups in total. The van der Waals surface area contributed by atoms with E-state index in [9.17, 15) is 9.59 Å². The molecule has 1 aromatic carbocycles. The molecule has 0 saturated heterocycles. The second kappa shape index (κ2) is 5.31. The van der Waals surface area contributed by atoms with Crippen LogP contribution in [0.2, 0.25) is 0 Å². The summed E-state index contributed by atoms with van der Waals surface area (Å²) in [5.74, 6) is -1.30. The normalized spacial score (nSPS) is 11.9. The van der Waals surface area contributed by atoms with Crippen LogP contribution in [0.25, 0.3) is 0 Å². The summed E-state index contributed by atoms with van der Waals surface area (Å²) in [4.78, 5) is 22.2. The van der Waals surface area contributed by atoms with E-state index in [1.807, 2.05) is 6.92 Å². The minimum absolute atomic E-state index is 0.220. The second-order valence-corrected chi connectivity index (χ2v) is 3.76. The molecule has 6 heteroatoms. The Bertz CT molecular complexity index is 425. The van der Waals surface area contributed by atoms with Crippen molar-refractivity contribution in [3.05, 3.63) is 29.3 Å². The lowest BCUT2D eigenvalue weighted by Gasteiger charge is -2.09. The topological polar surface area (TPSA) is 118 Å². The van der Waals surface area contributed by atoms with Gasteiger partial charge in [-0.2, -0.15) is 0 Å². The Kier molecular flexibility index (Phi) is 4.06. The molecule has 6 nitrogen and oxygen atoms in total. The van der Waals surface area contributed by atoms with Gasteiger partial charge in [-0.1, -0.05) is 0 Å². The third-order valence-electron chi connectivity index (χ3n) is 2.15. The lowest BCUT2D eigenvalue weighted by molar-refractivity contribution is -0.125. The lowest BCUT2D eigenvalue weighted by Crippen LogP contribution is -2.40. The maximum atomic E-state index is 11.6. The van der Waals surface area contributed by atoms with Crippen LogP contribution in [-0.2, 0) is 4.79 Å². The van der Waals surface area contributed by atoms with Crippen LogP contribution in [-0.4, -0.2) is 29.6 Å². The van der Waals surface area contributed by atoms with Gasteiger partial charge >= 0.3 is 0 Å². The van der Waals surface area contributed by atoms with Gasteiger partial charge in [-0.15, -0.1) is 0 Å². The predicted molar refractivity (Wildman–Crippen MR) is 63.1 cm³/mol. The number of anilines is 1. The van der Waals surface area contributed by atoms with Crippen molar-refractivity contribution in [2.45, 2.75) is 13.0 Å². The number of primary amides is 1. The van der Waals surface area contributed by atoms with Crippen LogP contribution in [0, 0.1) is 6.92 Å². The fourth-order valence-electron chi connectivity index (χ4n) is 1.34. The summed E-state index contributed by atoms with van der Waals surface area (Å²) in [6.45, 7) is 1.59. The number of carbonyl (C=O) groups excluding carboxylic acids is 2. The maximum absolute atomic E-state index is 11.6. The standard InChI is InChI=1S/C11H15N3O3/c1-6-2-7(4-8(12)3-6)11(17)14-5-9(15)10(13)16/h2-4,9,15H,5,12H2,1H3,(H2,13,16)(H,14,17). The van der Waals surface area contributed by atoms with Crippen molar-refractivity contribution in [3.8, 4) is 0 Å². The van der Waals surface area contributed by atoms with E-state index in [0.29, 0.717) is 11.3 Å². The molecule has 0 aromatic heterocycles. The molecule has 0 fully saturated rings. The highest BCUT2D eigenvalue weighted by Gasteiger charge is 2.13. The Balaban J connectivity index is 2.67. The summed E-state index contributed by atoms with van der Waals surface area (Å²) in [6, 6.07) is 4.90. The first kappa shape index (κ1) is 13.0. The van der Waals surface area contributed by atoms with Gasteiger partial charge in [0.15, 0.2) is 0 Å². The summed E-state index contributed by atoms with van der Waals surface area (Å²) in [5, 5.41) is 11.5. The number of aryl methyl sites for hydroxylation is 1. The molecule has 2 amide bonds. The molecule has 0 heterocycles. The Morgan fingerprint density at radius 2 is 2.06 bits per heavy atom. The highest BCUT2D eigenvalue weighted by Crippen LogP contribution is 2.10. The van der Waals surface area contributed by atoms with Gasteiger partial charge in [-0.3, -0.25) is 9.59 Å². The molecule has 1 rings (SSSR count). The van der Waals surface area contributed by atoms with E-state index in [-0.39, 0.29) is 6.54 Å². The smallest absolute Gasteiger partial charge is 0.251 e. The van der Waals surface area contributed by atoms with Crippen molar-refractivity contribution < 1.29 is 14.7 Å². The van der Waals surface area contributed by atoms with Gasteiger partial charge in [-0.05, 0) is 30.7 Å². The molecule has 0 saturated carbocycles. The molecule has 17 heavy (non-hydrogen) atoms. The zero-order valence-electron chi connectivity index (χ0n) is 9.43. The molecule has 1 aromatic rings. The number of hydrogen-bond donors (Lipinski definition) is 4. The van der Waals surface area contributed by atoms with Gasteiger partial charge in [-0.25, -0.2) is 0 Å². The van der Waals surface area contributed by atoms with E-state index in [4.69, 9.17) is 16.6 Å². The molecule has 0 radical (unpaired) electrons. The Morgan fingerprint density at radius 1 is 1.41 bits per heavy atom. The van der Waals surface area contributed by atoms with Crippen molar-refractivity contribution in [1.82, 2.24) is 5.32 Å². The highest BCUT2D eigenvalue weighted by atomic mass is 16.3. The molecule has 0 aliphatic carbocycles. The number of rotatable bonds is 4. The van der Waals surface area contributed by atoms with Crippen molar-refractivity contribution in [1.29, 1.82) is 0 Å². The third kappa shape index (κ3) is 3.76. The number of benzene rings is 1. The summed E-state index contributed by atoms with van der Waals surface area (Å²) < 4.78 is 0. The Labute approximate surface area is 98.6 Å². The number of carbonyl (C=O) groups is 2. The number of aliphatic hydroxyl groups is 1. The van der Waals surface area contributed by atoms with E-state index in [0.717, 1.165) is 5.56 Å². The van der Waals surface area contributed by atoms with Gasteiger partial charge in [0, 0.05) is 11.3 Å². The molecule has 0 bridgehead atoms. The highest BCUT2D eigenvalue weighted by molar-refractivity contribution is 5.95. The zero-order chi connectivity index (χ0) is 13.0. The molecule has 92 valence electrons. The molecular formula is C11H15N3O3. The molecule has 0 aliphatic rings. The van der Waals surface area contributed by atoms with Crippen LogP contribution < -0.4 is 16.8 Å². The minimum atomic E-state index is -1.39. The summed E-state index contributed by atoms with van der Waals surface area (Å²) >= 11 is 0. The van der Waals surface area contributed by atoms with Crippen molar-refractivity contribution in [3.63, 3.8) is 0 Å². The zero-order valence-corrected chi connectivity index (χ0v) is 9.43. The maximum Gasteiger partial charge on any atom is 0.251 e. The number of nitrogens with one attached hydrogen (secondary N) is 1. The molecule has 0 aliphatic heterocycles. The predicted octanol–water partition coefficient (Wildman–Crippen LogP) is -0.847. The number of hydrogen-bond acceptors (Lipinski definition) is 4. The van der Waals surface area contributed by atoms with Crippen LogP contribution in [0.15, 0.2) is 18.2 Å². The largest absolute Gasteiger partial charge is 0.399 e. The van der Waals surface area contributed by atoms with E-state index < -0.39 is 17.9 Å². The quantitative estimate of drug-likeness (QED) is 0.510. The van der Waals surface area contributed by atoms with Crippen LogP contribution in [0.3, 0.4) is 0 Å². The van der Waals surface area contributed by atoms with Gasteiger partial charge in [0.25, 0.3) is 5.91 Å². The Hall–Kier alpha value is -2.08. The minimum Gasteiger partial charge on any atom is -0.399 e. The number of nitrogens with two attached hydrogens (primary N) is 2. The summed E-state index contributed by atoms with van der Waals surface area (Å²) in [5.41, 5.74) is 12.2. The van der Waals surface area contributed by atoms with E-state index in [1.165, 1.54) is 6.07 Å². The number of nitrogen functional groups attached to an aromatic ring is 1. The fraction of sp³-hybridized carbons (Fsp3) is 0.273. The van der Waals surface area contributed by atoms with Gasteiger partial charge in [0.1, 0.15) is 6.10 Å². The average Bonchev–Trinajstić information content (AvgIpc) is 2.23. The Morgan fingerprint density at radius 3 is 2.59 bits per heavy atom. The van der Waals surface area contributed by atoms with Crippen LogP contribution in [0.1, 0.15) is 15.9 Å². The van der Waals surface area contributed by atoms with Gasteiger partial charge in [0.2, 0.25) is 5.91 Å². The van der Waals surface area contributed by atoms with Gasteiger partial charge < -0.3 is 21.9 Å². The number of aliphatic hydroxyl groups excluding tert-OH is 1. The van der Waals surface area contributed by atoms with Gasteiger partial charge in [0.05, 0.1) is 6.54 Å². The molecule has 1 unspecified atom stereocenters. The van der Waals surface area contributed by atoms with Crippen LogP contribution >= 0.6 is 0 Å². The van der Waals surface area contributed by atoms with E-state index in [1.54, 1.807) is 12.1 Å². The van der Waals surface area contributed by atoms with Crippen molar-refractivity contribution in [2.75, 3.05) is 12.3 Å². The van der Waals surface area contributed by atoms with Crippen molar-refractivity contribution >= 4 is 17.5 Å². The van der Waals surface area contributed by atoms with Crippen molar-refractivity contribution in [2.24, 2.45) is 5.73 Å². The first-order chi connectivity index (χ1) is 7.90. The molecule has 1 atom stereocenters. The lowest BCUT2D eigenvalue weighted by atomic mass is 10.1. The van der Waals surface area contributed by atoms with Crippen LogP contribution in [0.4, 0.5) is 5.69 Å². The SMILES string of the molecule is Cc1cc(N)cc(C(=O)NCC(O)C(N)=O)c1. The summed E-state index contributed by atoms with van der Waals surface area (Å²) in [7, 11) is 0. The van der Waals surface area contributed by atoms with E-state index in [2.05, 4.69) is 5.32 Å². The first-order valence-corrected chi connectivity index (χ1v) is 5.03. The monoisotopic (exact) mass is 237 g/mol. The third-order valence-corrected chi connectivity index (χ3v) is 2.15.